The van der Waals surface area contributed by atoms with Gasteiger partial charge in [0.25, 0.3) is 0 Å². The SMILES string of the molecule is CC(N)C1(O)CN(C(O)c2cc3n[nH]nc3c(F)c2Nc2ccc(I)cc2F)C1. The molecular formula is C18H19F2IN6O2. The Kier molecular flexibility index (Phi) is 5.19. The van der Waals surface area contributed by atoms with Gasteiger partial charge in [-0.05, 0) is 53.8 Å². The number of benzene rings is 2. The average Bonchev–Trinajstić information content (AvgIpc) is 3.11. The lowest BCUT2D eigenvalue weighted by molar-refractivity contribution is -0.169. The van der Waals surface area contributed by atoms with E-state index in [0.29, 0.717) is 3.57 Å². The highest BCUT2D eigenvalue weighted by atomic mass is 127. The minimum atomic E-state index is -1.26. The molecular weight excluding hydrogens is 497 g/mol. The molecule has 1 aromatic heterocycles. The lowest BCUT2D eigenvalue weighted by atomic mass is 9.86. The third-order valence-corrected chi connectivity index (χ3v) is 5.87. The molecule has 0 saturated carbocycles. The van der Waals surface area contributed by atoms with Gasteiger partial charge in [-0.1, -0.05) is 0 Å². The predicted octanol–water partition coefficient (Wildman–Crippen LogP) is 1.97. The maximum absolute atomic E-state index is 15.2. The molecule has 0 amide bonds. The largest absolute Gasteiger partial charge is 0.386 e. The number of H-pyrrole nitrogens is 1. The highest BCUT2D eigenvalue weighted by Gasteiger charge is 2.47. The molecule has 154 valence electrons. The number of fused-ring (bicyclic) bond motifs is 1. The molecule has 2 heterocycles. The van der Waals surface area contributed by atoms with Crippen LogP contribution < -0.4 is 11.1 Å². The topological polar surface area (TPSA) is 123 Å². The summed E-state index contributed by atoms with van der Waals surface area (Å²) in [5.74, 6) is -1.33. The van der Waals surface area contributed by atoms with Gasteiger partial charge in [0.05, 0.1) is 11.4 Å². The highest BCUT2D eigenvalue weighted by Crippen LogP contribution is 2.38. The van der Waals surface area contributed by atoms with Gasteiger partial charge >= 0.3 is 0 Å². The number of aromatic amines is 1. The van der Waals surface area contributed by atoms with Crippen LogP contribution in [0.5, 0.6) is 0 Å². The van der Waals surface area contributed by atoms with Gasteiger partial charge in [0, 0.05) is 28.3 Å². The fraction of sp³-hybridized carbons (Fsp3) is 0.333. The molecule has 29 heavy (non-hydrogen) atoms. The van der Waals surface area contributed by atoms with E-state index in [9.17, 15) is 14.6 Å². The fourth-order valence-corrected chi connectivity index (χ4v) is 3.79. The molecule has 1 aliphatic heterocycles. The third kappa shape index (κ3) is 3.57. The second-order valence-electron chi connectivity index (χ2n) is 7.27. The zero-order valence-electron chi connectivity index (χ0n) is 15.3. The number of anilines is 2. The van der Waals surface area contributed by atoms with Crippen LogP contribution in [0.15, 0.2) is 24.3 Å². The molecule has 11 heteroatoms. The van der Waals surface area contributed by atoms with Crippen molar-refractivity contribution in [2.75, 3.05) is 18.4 Å². The standard InChI is InChI=1S/C18H19F2IN6O2/c1-8(22)18(29)6-27(7-18)17(28)10-5-13-16(25-26-24-13)14(20)15(10)23-12-3-2-9(21)4-11(12)19/h2-5,8,17,23,28-29H,6-7,22H2,1H3,(H,24,25,26). The number of aliphatic hydroxyl groups is 2. The van der Waals surface area contributed by atoms with Crippen molar-refractivity contribution in [3.63, 3.8) is 0 Å². The number of halogens is 3. The van der Waals surface area contributed by atoms with Crippen molar-refractivity contribution in [3.8, 4) is 0 Å². The van der Waals surface area contributed by atoms with E-state index < -0.39 is 29.5 Å². The van der Waals surface area contributed by atoms with E-state index in [1.165, 1.54) is 18.2 Å². The van der Waals surface area contributed by atoms with Gasteiger partial charge in [0.15, 0.2) is 11.3 Å². The average molecular weight is 516 g/mol. The van der Waals surface area contributed by atoms with Gasteiger partial charge in [-0.2, -0.15) is 15.4 Å². The van der Waals surface area contributed by atoms with Crippen LogP contribution in [0.3, 0.4) is 0 Å². The van der Waals surface area contributed by atoms with Gasteiger partial charge in [0.2, 0.25) is 0 Å². The maximum atomic E-state index is 15.2. The molecule has 2 aromatic carbocycles. The molecule has 2 atom stereocenters. The van der Waals surface area contributed by atoms with Crippen molar-refractivity contribution < 1.29 is 19.0 Å². The summed E-state index contributed by atoms with van der Waals surface area (Å²) in [6.07, 6.45) is -1.26. The van der Waals surface area contributed by atoms with Crippen molar-refractivity contribution in [2.24, 2.45) is 5.73 Å². The van der Waals surface area contributed by atoms with Crippen LogP contribution in [0.2, 0.25) is 0 Å². The lowest BCUT2D eigenvalue weighted by Crippen LogP contribution is -2.69. The number of nitrogens with one attached hydrogen (secondary N) is 2. The Hall–Kier alpha value is -1.93. The van der Waals surface area contributed by atoms with E-state index in [2.05, 4.69) is 20.7 Å². The van der Waals surface area contributed by atoms with Crippen LogP contribution in [0.1, 0.15) is 18.7 Å². The number of hydrogen-bond donors (Lipinski definition) is 5. The molecule has 0 bridgehead atoms. The van der Waals surface area contributed by atoms with Gasteiger partial charge in [-0.25, -0.2) is 8.78 Å². The summed E-state index contributed by atoms with van der Waals surface area (Å²) in [6, 6.07) is 5.46. The maximum Gasteiger partial charge on any atom is 0.176 e. The van der Waals surface area contributed by atoms with Crippen LogP contribution in [0.4, 0.5) is 20.2 Å². The number of aliphatic hydroxyl groups excluding tert-OH is 1. The van der Waals surface area contributed by atoms with Gasteiger partial charge in [0.1, 0.15) is 23.2 Å². The van der Waals surface area contributed by atoms with E-state index in [-0.39, 0.29) is 41.1 Å². The molecule has 8 nitrogen and oxygen atoms in total. The first-order valence-corrected chi connectivity index (χ1v) is 9.92. The number of nitrogens with zero attached hydrogens (tertiary/aromatic N) is 3. The summed E-state index contributed by atoms with van der Waals surface area (Å²) in [5.41, 5.74) is 4.91. The number of hydrogen-bond acceptors (Lipinski definition) is 7. The van der Waals surface area contributed by atoms with Gasteiger partial charge < -0.3 is 21.3 Å². The molecule has 0 spiro atoms. The first kappa shape index (κ1) is 20.3. The Morgan fingerprint density at radius 3 is 2.69 bits per heavy atom. The van der Waals surface area contributed by atoms with Crippen molar-refractivity contribution in [1.29, 1.82) is 0 Å². The van der Waals surface area contributed by atoms with E-state index >= 15 is 4.39 Å². The monoisotopic (exact) mass is 516 g/mol. The normalized spacial score (nSPS) is 18.4. The number of nitrogens with two attached hydrogens (primary N) is 1. The minimum Gasteiger partial charge on any atom is -0.386 e. The minimum absolute atomic E-state index is 0.0370. The molecule has 4 rings (SSSR count). The molecule has 0 aliphatic carbocycles. The summed E-state index contributed by atoms with van der Waals surface area (Å²) in [7, 11) is 0. The van der Waals surface area contributed by atoms with Crippen molar-refractivity contribution in [2.45, 2.75) is 24.8 Å². The van der Waals surface area contributed by atoms with Gasteiger partial charge in [-0.3, -0.25) is 4.90 Å². The Balaban J connectivity index is 1.74. The quantitative estimate of drug-likeness (QED) is 0.329. The molecule has 1 saturated heterocycles. The Morgan fingerprint density at radius 1 is 1.31 bits per heavy atom. The van der Waals surface area contributed by atoms with Crippen LogP contribution in [0, 0.1) is 15.2 Å². The van der Waals surface area contributed by atoms with Crippen LogP contribution in [0.25, 0.3) is 11.0 Å². The molecule has 2 unspecified atom stereocenters. The van der Waals surface area contributed by atoms with E-state index in [1.54, 1.807) is 17.9 Å². The number of β-amino-alcohol motifs (C(OH)–C–C–N with tert-alkyl or cyclic N) is 1. The lowest BCUT2D eigenvalue weighted by Gasteiger charge is -2.50. The molecule has 1 fully saturated rings. The van der Waals surface area contributed by atoms with Crippen LogP contribution in [-0.2, 0) is 0 Å². The summed E-state index contributed by atoms with van der Waals surface area (Å²) in [6.45, 7) is 1.90. The van der Waals surface area contributed by atoms with E-state index in [0.717, 1.165) is 0 Å². The Labute approximate surface area is 178 Å². The smallest absolute Gasteiger partial charge is 0.176 e. The first-order chi connectivity index (χ1) is 13.7. The molecule has 3 aromatic rings. The van der Waals surface area contributed by atoms with Crippen molar-refractivity contribution in [3.05, 3.63) is 45.0 Å². The van der Waals surface area contributed by atoms with E-state index in [4.69, 9.17) is 5.73 Å². The molecule has 1 aliphatic rings. The Morgan fingerprint density at radius 2 is 2.03 bits per heavy atom. The Bertz CT molecular complexity index is 1070. The van der Waals surface area contributed by atoms with Crippen molar-refractivity contribution >= 4 is 45.0 Å². The molecule has 0 radical (unpaired) electrons. The van der Waals surface area contributed by atoms with Crippen molar-refractivity contribution in [1.82, 2.24) is 20.3 Å². The third-order valence-electron chi connectivity index (χ3n) is 5.20. The second-order valence-corrected chi connectivity index (χ2v) is 8.51. The summed E-state index contributed by atoms with van der Waals surface area (Å²) < 4.78 is 30.2. The number of aromatic nitrogens is 3. The first-order valence-electron chi connectivity index (χ1n) is 8.84. The zero-order valence-corrected chi connectivity index (χ0v) is 17.5. The summed E-state index contributed by atoms with van der Waals surface area (Å²) in [5, 5.41) is 34.0. The van der Waals surface area contributed by atoms with Crippen LogP contribution >= 0.6 is 22.6 Å². The molecule has 6 N–H and O–H groups in total. The highest BCUT2D eigenvalue weighted by molar-refractivity contribution is 14.1. The van der Waals surface area contributed by atoms with E-state index in [1.807, 2.05) is 22.6 Å². The fourth-order valence-electron chi connectivity index (χ4n) is 3.34. The summed E-state index contributed by atoms with van der Waals surface area (Å²) >= 11 is 1.97. The number of rotatable bonds is 5. The second kappa shape index (κ2) is 7.40. The predicted molar refractivity (Wildman–Crippen MR) is 111 cm³/mol. The van der Waals surface area contributed by atoms with Crippen LogP contribution in [-0.4, -0.2) is 55.3 Å². The number of likely N-dealkylation sites (tertiary alicyclic amines) is 1. The summed E-state index contributed by atoms with van der Waals surface area (Å²) in [4.78, 5) is 1.54. The zero-order chi connectivity index (χ0) is 20.9. The van der Waals surface area contributed by atoms with Gasteiger partial charge in [-0.15, -0.1) is 0 Å².